The summed E-state index contributed by atoms with van der Waals surface area (Å²) in [6, 6.07) is 23.1. The van der Waals surface area contributed by atoms with Gasteiger partial charge in [0.2, 0.25) is 0 Å². The monoisotopic (exact) mass is 556 g/mol. The van der Waals surface area contributed by atoms with Crippen LogP contribution in [0.5, 0.6) is 11.5 Å². The number of nitrogens with zero attached hydrogens (tertiary/aromatic N) is 4. The van der Waals surface area contributed by atoms with Gasteiger partial charge < -0.3 is 10.2 Å². The average molecular weight is 557 g/mol. The van der Waals surface area contributed by atoms with E-state index in [0.717, 1.165) is 49.7 Å². The zero-order valence-corrected chi connectivity index (χ0v) is 24.2. The van der Waals surface area contributed by atoms with Crippen LogP contribution in [0.2, 0.25) is 0 Å². The molecule has 0 radical (unpaired) electrons. The number of benzene rings is 4. The van der Waals surface area contributed by atoms with E-state index in [-0.39, 0.29) is 11.5 Å². The Hall–Kier alpha value is -4.84. The predicted molar refractivity (Wildman–Crippen MR) is 172 cm³/mol. The van der Waals surface area contributed by atoms with Gasteiger partial charge in [0, 0.05) is 46.3 Å². The van der Waals surface area contributed by atoms with Gasteiger partial charge >= 0.3 is 0 Å². The van der Waals surface area contributed by atoms with Gasteiger partial charge in [0.25, 0.3) is 0 Å². The van der Waals surface area contributed by atoms with Crippen molar-refractivity contribution in [3.05, 3.63) is 109 Å². The Morgan fingerprint density at radius 3 is 1.02 bits per heavy atom. The fraction of sp³-hybridized carbons (Fsp3) is 0.222. The molecule has 5 rings (SSSR count). The molecule has 5 aromatic rings. The molecule has 212 valence electrons. The maximum Gasteiger partial charge on any atom is 0.133 e. The van der Waals surface area contributed by atoms with E-state index in [1.54, 1.807) is 24.8 Å². The molecule has 6 nitrogen and oxygen atoms in total. The molecule has 0 aliphatic rings. The number of hydrogen-bond acceptors (Lipinski definition) is 6. The van der Waals surface area contributed by atoms with Crippen LogP contribution in [0.4, 0.5) is 0 Å². The van der Waals surface area contributed by atoms with E-state index >= 15 is 0 Å². The van der Waals surface area contributed by atoms with Gasteiger partial charge in [0.1, 0.15) is 11.5 Å². The van der Waals surface area contributed by atoms with E-state index in [1.165, 1.54) is 0 Å². The van der Waals surface area contributed by atoms with Crippen LogP contribution in [0.3, 0.4) is 0 Å². The van der Waals surface area contributed by atoms with E-state index in [1.807, 2.05) is 72.8 Å². The Morgan fingerprint density at radius 2 is 0.762 bits per heavy atom. The first-order valence-electron chi connectivity index (χ1n) is 14.6. The molecule has 0 amide bonds. The largest absolute Gasteiger partial charge is 0.507 e. The van der Waals surface area contributed by atoms with E-state index < -0.39 is 0 Å². The van der Waals surface area contributed by atoms with E-state index in [4.69, 9.17) is 19.9 Å². The van der Waals surface area contributed by atoms with Gasteiger partial charge in [-0.15, -0.1) is 0 Å². The number of unbranched alkanes of at least 4 members (excludes halogenated alkanes) is 2. The Morgan fingerprint density at radius 1 is 0.476 bits per heavy atom. The molecule has 0 spiro atoms. The van der Waals surface area contributed by atoms with Crippen LogP contribution in [0.25, 0.3) is 43.6 Å². The molecular weight excluding hydrogens is 520 g/mol. The SMILES string of the molecule is CCCCc1cc2cnc3ccccc3ncc3cc(CCCC)cc(cnc4ccccc4ncc(c1)c2O)c3O. The van der Waals surface area contributed by atoms with Crippen molar-refractivity contribution in [3.63, 3.8) is 0 Å². The van der Waals surface area contributed by atoms with Crippen LogP contribution in [0.15, 0.2) is 97.6 Å². The highest BCUT2D eigenvalue weighted by molar-refractivity contribution is 5.83. The minimum Gasteiger partial charge on any atom is -0.507 e. The summed E-state index contributed by atoms with van der Waals surface area (Å²) in [5.74, 6) is 0.232. The number of phenols is 2. The number of phenolic OH excluding ortho intramolecular Hbond substituents is 2. The zero-order chi connectivity index (χ0) is 29.3. The number of fused-ring (bicyclic) bond motifs is 6. The number of aryl methyl sites for hydroxylation is 2. The zero-order valence-electron chi connectivity index (χ0n) is 24.2. The van der Waals surface area contributed by atoms with Gasteiger partial charge in [-0.3, -0.25) is 19.9 Å². The van der Waals surface area contributed by atoms with Crippen molar-refractivity contribution in [2.24, 2.45) is 0 Å². The molecule has 0 fully saturated rings. The molecule has 0 aliphatic heterocycles. The number of aromatic nitrogens is 4. The number of aromatic hydroxyl groups is 2. The second-order valence-electron chi connectivity index (χ2n) is 10.5. The van der Waals surface area contributed by atoms with E-state index in [9.17, 15) is 10.2 Å². The van der Waals surface area contributed by atoms with Gasteiger partial charge in [-0.25, -0.2) is 0 Å². The van der Waals surface area contributed by atoms with Crippen molar-refractivity contribution >= 4 is 43.6 Å². The second-order valence-corrected chi connectivity index (χ2v) is 10.5. The number of rotatable bonds is 6. The summed E-state index contributed by atoms with van der Waals surface area (Å²) >= 11 is 0. The van der Waals surface area contributed by atoms with Crippen LogP contribution in [0.1, 0.15) is 50.7 Å². The summed E-state index contributed by atoms with van der Waals surface area (Å²) in [5.41, 5.74) is 4.83. The Balaban J connectivity index is 1.89. The van der Waals surface area contributed by atoms with Crippen molar-refractivity contribution in [1.82, 2.24) is 19.9 Å². The van der Waals surface area contributed by atoms with Crippen molar-refractivity contribution in [3.8, 4) is 11.5 Å². The van der Waals surface area contributed by atoms with Crippen molar-refractivity contribution in [2.45, 2.75) is 52.4 Å². The molecule has 0 unspecified atom stereocenters. The van der Waals surface area contributed by atoms with Gasteiger partial charge in [0.05, 0.1) is 22.1 Å². The molecule has 0 aliphatic carbocycles. The minimum absolute atomic E-state index is 0.116. The van der Waals surface area contributed by atoms with Crippen LogP contribution >= 0.6 is 0 Å². The Kier molecular flexibility index (Phi) is 9.34. The van der Waals surface area contributed by atoms with Crippen molar-refractivity contribution in [2.75, 3.05) is 0 Å². The lowest BCUT2D eigenvalue weighted by Gasteiger charge is -2.05. The van der Waals surface area contributed by atoms with Crippen molar-refractivity contribution < 1.29 is 10.2 Å². The third-order valence-corrected chi connectivity index (χ3v) is 7.23. The van der Waals surface area contributed by atoms with Gasteiger partial charge in [-0.2, -0.15) is 0 Å². The lowest BCUT2D eigenvalue weighted by Crippen LogP contribution is -1.87. The number of hydrogen-bond donors (Lipinski definition) is 2. The first kappa shape index (κ1) is 28.7. The Bertz CT molecular complexity index is 1640. The Labute approximate surface area is 246 Å². The van der Waals surface area contributed by atoms with Gasteiger partial charge in [-0.05, 0) is 85.3 Å². The smallest absolute Gasteiger partial charge is 0.133 e. The maximum atomic E-state index is 11.2. The van der Waals surface area contributed by atoms with Gasteiger partial charge in [-0.1, -0.05) is 51.0 Å². The fourth-order valence-electron chi connectivity index (χ4n) is 4.85. The summed E-state index contributed by atoms with van der Waals surface area (Å²) in [6.45, 7) is 4.33. The first-order chi connectivity index (χ1) is 20.6. The summed E-state index contributed by atoms with van der Waals surface area (Å²) in [6.07, 6.45) is 12.7. The van der Waals surface area contributed by atoms with E-state index in [2.05, 4.69) is 13.8 Å². The third kappa shape index (κ3) is 6.89. The molecule has 4 bridgehead atoms. The van der Waals surface area contributed by atoms with Crippen molar-refractivity contribution in [1.29, 1.82) is 0 Å². The highest BCUT2D eigenvalue weighted by Gasteiger charge is 2.05. The van der Waals surface area contributed by atoms with Gasteiger partial charge in [0.15, 0.2) is 0 Å². The molecule has 2 N–H and O–H groups in total. The molecule has 1 heterocycles. The first-order valence-corrected chi connectivity index (χ1v) is 14.6. The molecule has 0 saturated heterocycles. The summed E-state index contributed by atoms with van der Waals surface area (Å²) in [5, 5.41) is 24.9. The predicted octanol–water partition coefficient (Wildman–Crippen LogP) is 8.79. The van der Waals surface area contributed by atoms with Crippen LogP contribution in [0, 0.1) is 0 Å². The lowest BCUT2D eigenvalue weighted by atomic mass is 10.0. The molecule has 42 heavy (non-hydrogen) atoms. The van der Waals surface area contributed by atoms with Crippen LogP contribution < -0.4 is 0 Å². The summed E-state index contributed by atoms with van der Waals surface area (Å²) in [7, 11) is 0. The molecule has 6 heteroatoms. The van der Waals surface area contributed by atoms with Crippen LogP contribution in [-0.4, -0.2) is 30.1 Å². The standard InChI is InChI=1S/C36H36N4O2/c1-3-5-11-25-17-27-21-37-31-13-7-9-15-33(31)39-23-29-19-26(12-6-4-2)20-30(36(29)42)24-40-34-16-10-8-14-32(34)38-22-28(18-25)35(27)41/h7-10,13-24,41-42H,3-6,11-12H2,1-2H3. The number of para-hydroxylation sites is 4. The highest BCUT2D eigenvalue weighted by atomic mass is 16.3. The summed E-state index contributed by atoms with van der Waals surface area (Å²) < 4.78 is 0. The molecule has 0 saturated carbocycles. The van der Waals surface area contributed by atoms with E-state index in [0.29, 0.717) is 43.6 Å². The topological polar surface area (TPSA) is 92.0 Å². The molecular formula is C36H36N4O2. The average Bonchev–Trinajstić information content (AvgIpc) is 3.01. The molecule has 0 atom stereocenters. The summed E-state index contributed by atoms with van der Waals surface area (Å²) in [4.78, 5) is 18.9. The molecule has 1 aromatic heterocycles. The highest BCUT2D eigenvalue weighted by Crippen LogP contribution is 2.28. The normalized spacial score (nSPS) is 10.9. The maximum absolute atomic E-state index is 11.2. The minimum atomic E-state index is 0.116. The fourth-order valence-corrected chi connectivity index (χ4v) is 4.85. The lowest BCUT2D eigenvalue weighted by molar-refractivity contribution is 0.486. The van der Waals surface area contributed by atoms with Crippen LogP contribution in [-0.2, 0) is 12.8 Å². The second kappa shape index (κ2) is 13.7. The third-order valence-electron chi connectivity index (χ3n) is 7.23. The quantitative estimate of drug-likeness (QED) is 0.217. The molecule has 4 aromatic carbocycles.